The number of benzene rings is 1. The van der Waals surface area contributed by atoms with Crippen LogP contribution >= 0.6 is 0 Å². The van der Waals surface area contributed by atoms with Crippen molar-refractivity contribution in [3.8, 4) is 11.5 Å². The van der Waals surface area contributed by atoms with Gasteiger partial charge in [0.05, 0.1) is 13.7 Å². The van der Waals surface area contributed by atoms with E-state index in [1.54, 1.807) is 31.5 Å². The molecule has 0 saturated carbocycles. The van der Waals surface area contributed by atoms with Gasteiger partial charge in [0.2, 0.25) is 0 Å². The number of carbonyl (C=O) groups is 1. The molecule has 0 unspecified atom stereocenters. The summed E-state index contributed by atoms with van der Waals surface area (Å²) in [5, 5.41) is 2.88. The number of pyridine rings is 1. The van der Waals surface area contributed by atoms with E-state index in [1.807, 2.05) is 25.1 Å². The van der Waals surface area contributed by atoms with E-state index in [9.17, 15) is 4.79 Å². The van der Waals surface area contributed by atoms with Crippen molar-refractivity contribution in [2.24, 2.45) is 0 Å². The van der Waals surface area contributed by atoms with Gasteiger partial charge in [0.25, 0.3) is 5.91 Å². The van der Waals surface area contributed by atoms with Crippen LogP contribution in [0.25, 0.3) is 0 Å². The summed E-state index contributed by atoms with van der Waals surface area (Å²) in [6.07, 6.45) is 2.44. The first kappa shape index (κ1) is 15.8. The highest BCUT2D eigenvalue weighted by atomic mass is 16.5. The Bertz CT molecular complexity index is 615. The van der Waals surface area contributed by atoms with Gasteiger partial charge in [0.1, 0.15) is 0 Å². The molecule has 5 nitrogen and oxygen atoms in total. The smallest absolute Gasteiger partial charge is 0.251 e. The molecule has 1 aromatic heterocycles. The standard InChI is InChI=1S/C17H20N2O3/c1-3-22-16-12-13(7-8-15(16)21-2)17(20)19-11-9-14-6-4-5-10-18-14/h4-8,10,12H,3,9,11H2,1-2H3,(H,19,20). The molecule has 116 valence electrons. The maximum Gasteiger partial charge on any atom is 0.251 e. The van der Waals surface area contributed by atoms with Crippen LogP contribution in [0, 0.1) is 0 Å². The first-order chi connectivity index (χ1) is 10.7. The van der Waals surface area contributed by atoms with E-state index in [4.69, 9.17) is 9.47 Å². The van der Waals surface area contributed by atoms with Crippen LogP contribution in [0.15, 0.2) is 42.6 Å². The van der Waals surface area contributed by atoms with Crippen LogP contribution in [-0.4, -0.2) is 31.2 Å². The van der Waals surface area contributed by atoms with E-state index < -0.39 is 0 Å². The van der Waals surface area contributed by atoms with Crippen molar-refractivity contribution in [1.29, 1.82) is 0 Å². The minimum Gasteiger partial charge on any atom is -0.493 e. The van der Waals surface area contributed by atoms with Gasteiger partial charge in [0.15, 0.2) is 11.5 Å². The molecule has 2 aromatic rings. The van der Waals surface area contributed by atoms with E-state index in [2.05, 4.69) is 10.3 Å². The molecule has 1 aromatic carbocycles. The number of rotatable bonds is 7. The van der Waals surface area contributed by atoms with E-state index in [0.29, 0.717) is 36.6 Å². The average molecular weight is 300 g/mol. The summed E-state index contributed by atoms with van der Waals surface area (Å²) in [6.45, 7) is 2.94. The number of carbonyl (C=O) groups excluding carboxylic acids is 1. The van der Waals surface area contributed by atoms with Gasteiger partial charge in [-0.05, 0) is 37.3 Å². The molecule has 5 heteroatoms. The molecule has 0 saturated heterocycles. The van der Waals surface area contributed by atoms with Gasteiger partial charge >= 0.3 is 0 Å². The molecule has 1 heterocycles. The fourth-order valence-corrected chi connectivity index (χ4v) is 2.04. The second kappa shape index (κ2) is 8.02. The monoisotopic (exact) mass is 300 g/mol. The zero-order chi connectivity index (χ0) is 15.8. The normalized spacial score (nSPS) is 10.1. The molecule has 1 N–H and O–H groups in total. The maximum absolute atomic E-state index is 12.2. The molecule has 0 bridgehead atoms. The number of nitrogens with zero attached hydrogens (tertiary/aromatic N) is 1. The summed E-state index contributed by atoms with van der Waals surface area (Å²) >= 11 is 0. The maximum atomic E-state index is 12.2. The number of amides is 1. The number of nitrogens with one attached hydrogen (secondary N) is 1. The summed E-state index contributed by atoms with van der Waals surface area (Å²) in [5.41, 5.74) is 1.50. The zero-order valence-corrected chi connectivity index (χ0v) is 12.8. The molecule has 1 amide bonds. The molecule has 0 aliphatic carbocycles. The van der Waals surface area contributed by atoms with Crippen LogP contribution in [-0.2, 0) is 6.42 Å². The Kier molecular flexibility index (Phi) is 5.77. The Morgan fingerprint density at radius 1 is 1.23 bits per heavy atom. The highest BCUT2D eigenvalue weighted by molar-refractivity contribution is 5.94. The van der Waals surface area contributed by atoms with Crippen molar-refractivity contribution in [1.82, 2.24) is 10.3 Å². The summed E-state index contributed by atoms with van der Waals surface area (Å²) in [6, 6.07) is 10.9. The van der Waals surface area contributed by atoms with Gasteiger partial charge in [-0.3, -0.25) is 9.78 Å². The lowest BCUT2D eigenvalue weighted by atomic mass is 10.2. The van der Waals surface area contributed by atoms with Crippen LogP contribution in [0.1, 0.15) is 23.0 Å². The SMILES string of the molecule is CCOc1cc(C(=O)NCCc2ccccn2)ccc1OC. The largest absolute Gasteiger partial charge is 0.493 e. The van der Waals surface area contributed by atoms with Crippen molar-refractivity contribution >= 4 is 5.91 Å². The number of aromatic nitrogens is 1. The first-order valence-corrected chi connectivity index (χ1v) is 7.23. The van der Waals surface area contributed by atoms with Crippen LogP contribution in [0.4, 0.5) is 0 Å². The zero-order valence-electron chi connectivity index (χ0n) is 12.8. The average Bonchev–Trinajstić information content (AvgIpc) is 2.56. The molecule has 2 rings (SSSR count). The number of hydrogen-bond donors (Lipinski definition) is 1. The van der Waals surface area contributed by atoms with Gasteiger partial charge in [0, 0.05) is 30.4 Å². The van der Waals surface area contributed by atoms with Gasteiger partial charge in [-0.25, -0.2) is 0 Å². The topological polar surface area (TPSA) is 60.5 Å². The van der Waals surface area contributed by atoms with Crippen LogP contribution < -0.4 is 14.8 Å². The Labute approximate surface area is 130 Å². The van der Waals surface area contributed by atoms with Crippen molar-refractivity contribution < 1.29 is 14.3 Å². The Morgan fingerprint density at radius 3 is 2.77 bits per heavy atom. The third-order valence-electron chi connectivity index (χ3n) is 3.12. The molecular formula is C17H20N2O3. The van der Waals surface area contributed by atoms with E-state index in [0.717, 1.165) is 5.69 Å². The fraction of sp³-hybridized carbons (Fsp3) is 0.294. The van der Waals surface area contributed by atoms with Gasteiger partial charge in [-0.1, -0.05) is 6.07 Å². The van der Waals surface area contributed by atoms with Crippen LogP contribution in [0.2, 0.25) is 0 Å². The minimum atomic E-state index is -0.139. The highest BCUT2D eigenvalue weighted by Gasteiger charge is 2.10. The van der Waals surface area contributed by atoms with Gasteiger partial charge in [-0.2, -0.15) is 0 Å². The predicted octanol–water partition coefficient (Wildman–Crippen LogP) is 2.46. The molecule has 22 heavy (non-hydrogen) atoms. The second-order valence-corrected chi connectivity index (χ2v) is 4.63. The van der Waals surface area contributed by atoms with Crippen molar-refractivity contribution in [2.75, 3.05) is 20.3 Å². The molecule has 0 radical (unpaired) electrons. The molecule has 0 atom stereocenters. The quantitative estimate of drug-likeness (QED) is 0.853. The van der Waals surface area contributed by atoms with E-state index >= 15 is 0 Å². The third kappa shape index (κ3) is 4.22. The van der Waals surface area contributed by atoms with Gasteiger partial charge < -0.3 is 14.8 Å². The molecular weight excluding hydrogens is 280 g/mol. The summed E-state index contributed by atoms with van der Waals surface area (Å²) in [4.78, 5) is 16.4. The first-order valence-electron chi connectivity index (χ1n) is 7.23. The molecule has 0 fully saturated rings. The van der Waals surface area contributed by atoms with Crippen LogP contribution in [0.3, 0.4) is 0 Å². The minimum absolute atomic E-state index is 0.139. The van der Waals surface area contributed by atoms with Crippen molar-refractivity contribution in [3.63, 3.8) is 0 Å². The Hall–Kier alpha value is -2.56. The number of ether oxygens (including phenoxy) is 2. The van der Waals surface area contributed by atoms with E-state index in [-0.39, 0.29) is 5.91 Å². The summed E-state index contributed by atoms with van der Waals surface area (Å²) in [5.74, 6) is 1.05. The molecule has 0 aliphatic heterocycles. The molecule has 0 spiro atoms. The summed E-state index contributed by atoms with van der Waals surface area (Å²) in [7, 11) is 1.57. The summed E-state index contributed by atoms with van der Waals surface area (Å²) < 4.78 is 10.7. The molecule has 0 aliphatic rings. The van der Waals surface area contributed by atoms with Crippen molar-refractivity contribution in [2.45, 2.75) is 13.3 Å². The second-order valence-electron chi connectivity index (χ2n) is 4.63. The lowest BCUT2D eigenvalue weighted by Gasteiger charge is -2.11. The number of hydrogen-bond acceptors (Lipinski definition) is 4. The van der Waals surface area contributed by atoms with Gasteiger partial charge in [-0.15, -0.1) is 0 Å². The highest BCUT2D eigenvalue weighted by Crippen LogP contribution is 2.27. The van der Waals surface area contributed by atoms with Crippen molar-refractivity contribution in [3.05, 3.63) is 53.9 Å². The Balaban J connectivity index is 1.95. The Morgan fingerprint density at radius 2 is 2.09 bits per heavy atom. The lowest BCUT2D eigenvalue weighted by molar-refractivity contribution is 0.0953. The fourth-order valence-electron chi connectivity index (χ4n) is 2.04. The number of methoxy groups -OCH3 is 1. The lowest BCUT2D eigenvalue weighted by Crippen LogP contribution is -2.25. The van der Waals surface area contributed by atoms with E-state index in [1.165, 1.54) is 0 Å². The predicted molar refractivity (Wildman–Crippen MR) is 84.4 cm³/mol. The third-order valence-corrected chi connectivity index (χ3v) is 3.12. The van der Waals surface area contributed by atoms with Crippen LogP contribution in [0.5, 0.6) is 11.5 Å².